The quantitative estimate of drug-likeness (QED) is 0.321. The van der Waals surface area contributed by atoms with Crippen molar-refractivity contribution in [1.82, 2.24) is 15.1 Å². The van der Waals surface area contributed by atoms with Crippen LogP contribution in [-0.4, -0.2) is 62.0 Å². The van der Waals surface area contributed by atoms with Crippen LogP contribution in [0.5, 0.6) is 11.5 Å². The molecule has 10 nitrogen and oxygen atoms in total. The highest BCUT2D eigenvalue weighted by molar-refractivity contribution is 5.93. The Morgan fingerprint density at radius 3 is 2.34 bits per heavy atom. The van der Waals surface area contributed by atoms with Gasteiger partial charge in [-0.25, -0.2) is 0 Å². The van der Waals surface area contributed by atoms with Gasteiger partial charge in [0.1, 0.15) is 24.1 Å². The number of aromatic nitrogens is 2. The number of nitrogens with zero attached hydrogens (tertiary/aromatic N) is 3. The van der Waals surface area contributed by atoms with Gasteiger partial charge in [-0.15, -0.1) is 0 Å². The van der Waals surface area contributed by atoms with E-state index in [0.717, 1.165) is 6.42 Å². The molecule has 0 bridgehead atoms. The van der Waals surface area contributed by atoms with Crippen LogP contribution in [0.1, 0.15) is 40.0 Å². The summed E-state index contributed by atoms with van der Waals surface area (Å²) in [5.74, 6) is 0.737. The molecule has 192 valence electrons. The van der Waals surface area contributed by atoms with E-state index < -0.39 is 17.9 Å². The number of carbonyl (C=O) groups is 3. The summed E-state index contributed by atoms with van der Waals surface area (Å²) in [6.07, 6.45) is 2.55. The van der Waals surface area contributed by atoms with Gasteiger partial charge in [0.25, 0.3) is 0 Å². The maximum atomic E-state index is 13.0. The fourth-order valence-corrected chi connectivity index (χ4v) is 3.75. The Bertz CT molecular complexity index is 982. The number of benzene rings is 1. The highest BCUT2D eigenvalue weighted by Crippen LogP contribution is 2.40. The summed E-state index contributed by atoms with van der Waals surface area (Å²) in [6.45, 7) is 6.41. The zero-order valence-corrected chi connectivity index (χ0v) is 21.4. The lowest BCUT2D eigenvalue weighted by atomic mass is 10.1. The second-order valence-electron chi connectivity index (χ2n) is 8.47. The lowest BCUT2D eigenvalue weighted by molar-refractivity contribution is -0.141. The lowest BCUT2D eigenvalue weighted by Crippen LogP contribution is -2.48. The van der Waals surface area contributed by atoms with Crippen molar-refractivity contribution in [2.75, 3.05) is 32.8 Å². The van der Waals surface area contributed by atoms with E-state index in [1.807, 2.05) is 25.1 Å². The summed E-state index contributed by atoms with van der Waals surface area (Å²) in [6, 6.07) is 6.39. The predicted octanol–water partition coefficient (Wildman–Crippen LogP) is 3.03. The summed E-state index contributed by atoms with van der Waals surface area (Å²) in [7, 11) is 4.40. The lowest BCUT2D eigenvalue weighted by Gasteiger charge is -2.25. The van der Waals surface area contributed by atoms with Crippen LogP contribution in [-0.2, 0) is 25.7 Å². The summed E-state index contributed by atoms with van der Waals surface area (Å²) in [5.41, 5.74) is 1.39. The molecule has 0 aliphatic carbocycles. The van der Waals surface area contributed by atoms with Crippen molar-refractivity contribution in [3.8, 4) is 22.8 Å². The normalized spacial score (nSPS) is 11.6. The maximum absolute atomic E-state index is 13.0. The first-order valence-electron chi connectivity index (χ1n) is 11.7. The number of methoxy groups -OCH3 is 3. The number of hydrogen-bond donors (Lipinski definition) is 1. The molecule has 0 aliphatic heterocycles. The van der Waals surface area contributed by atoms with Crippen LogP contribution in [0.15, 0.2) is 24.3 Å². The fourth-order valence-electron chi connectivity index (χ4n) is 3.75. The average molecular weight is 489 g/mol. The van der Waals surface area contributed by atoms with Gasteiger partial charge >= 0.3 is 5.97 Å². The Morgan fingerprint density at radius 2 is 1.83 bits per heavy atom. The number of amides is 2. The van der Waals surface area contributed by atoms with Gasteiger partial charge in [0, 0.05) is 12.6 Å². The number of nitrogens with one attached hydrogen (secondary N) is 1. The van der Waals surface area contributed by atoms with Crippen molar-refractivity contribution < 1.29 is 28.6 Å². The first-order chi connectivity index (χ1) is 16.8. The van der Waals surface area contributed by atoms with Gasteiger partial charge < -0.3 is 19.5 Å². The van der Waals surface area contributed by atoms with Gasteiger partial charge in [-0.05, 0) is 24.5 Å². The standard InChI is InChI=1S/C25H36N4O6/c1-7-8-10-18(25(32)26-14-23(31)35-6)28(16-30)22-13-19(29(27-22)15-17(2)3)24-20(33-4)11-9-12-21(24)34-5/h9,11-13,16-18H,7-8,10,14-15H2,1-6H3,(H,26,32)/t18-/m0/s1. The number of anilines is 1. The summed E-state index contributed by atoms with van der Waals surface area (Å²) in [4.78, 5) is 38.1. The molecule has 0 spiro atoms. The minimum atomic E-state index is -0.841. The molecule has 0 unspecified atom stereocenters. The molecule has 1 atom stereocenters. The molecule has 0 saturated heterocycles. The van der Waals surface area contributed by atoms with Gasteiger partial charge in [0.2, 0.25) is 12.3 Å². The molecular formula is C25H36N4O6. The molecule has 35 heavy (non-hydrogen) atoms. The topological polar surface area (TPSA) is 112 Å². The number of rotatable bonds is 14. The zero-order valence-electron chi connectivity index (χ0n) is 21.4. The molecule has 1 aromatic carbocycles. The first kappa shape index (κ1) is 27.7. The Hall–Kier alpha value is -3.56. The van der Waals surface area contributed by atoms with Crippen LogP contribution in [0.25, 0.3) is 11.3 Å². The molecule has 1 aromatic heterocycles. The number of hydrogen-bond acceptors (Lipinski definition) is 7. The van der Waals surface area contributed by atoms with Crippen molar-refractivity contribution in [3.05, 3.63) is 24.3 Å². The van der Waals surface area contributed by atoms with Crippen molar-refractivity contribution in [3.63, 3.8) is 0 Å². The predicted molar refractivity (Wildman–Crippen MR) is 132 cm³/mol. The summed E-state index contributed by atoms with van der Waals surface area (Å²) in [5, 5.41) is 7.26. The molecule has 10 heteroatoms. The van der Waals surface area contributed by atoms with Crippen molar-refractivity contribution >= 4 is 24.1 Å². The molecule has 1 N–H and O–H groups in total. The van der Waals surface area contributed by atoms with E-state index in [2.05, 4.69) is 23.9 Å². The smallest absolute Gasteiger partial charge is 0.325 e. The molecule has 2 amide bonds. The molecule has 2 rings (SSSR count). The highest BCUT2D eigenvalue weighted by Gasteiger charge is 2.30. The molecule has 0 fully saturated rings. The molecule has 1 heterocycles. The minimum absolute atomic E-state index is 0.256. The van der Waals surface area contributed by atoms with Crippen LogP contribution in [0.4, 0.5) is 5.82 Å². The van der Waals surface area contributed by atoms with E-state index in [-0.39, 0.29) is 12.5 Å². The van der Waals surface area contributed by atoms with Gasteiger partial charge in [-0.3, -0.25) is 24.0 Å². The van der Waals surface area contributed by atoms with E-state index in [1.54, 1.807) is 25.0 Å². The number of unbranched alkanes of at least 4 members (excludes halogenated alkanes) is 1. The zero-order chi connectivity index (χ0) is 26.0. The van der Waals surface area contributed by atoms with E-state index in [4.69, 9.17) is 14.6 Å². The van der Waals surface area contributed by atoms with Crippen molar-refractivity contribution in [2.24, 2.45) is 5.92 Å². The molecule has 2 aromatic rings. The van der Waals surface area contributed by atoms with Gasteiger partial charge in [-0.2, -0.15) is 5.10 Å². The van der Waals surface area contributed by atoms with Gasteiger partial charge in [-0.1, -0.05) is 39.7 Å². The number of ether oxygens (including phenoxy) is 3. The third-order valence-electron chi connectivity index (χ3n) is 5.47. The van der Waals surface area contributed by atoms with Crippen LogP contribution < -0.4 is 19.7 Å². The van der Waals surface area contributed by atoms with Crippen LogP contribution in [0.2, 0.25) is 0 Å². The first-order valence-corrected chi connectivity index (χ1v) is 11.7. The molecule has 0 aliphatic rings. The molecular weight excluding hydrogens is 452 g/mol. The largest absolute Gasteiger partial charge is 0.496 e. The Balaban J connectivity index is 2.57. The van der Waals surface area contributed by atoms with E-state index in [9.17, 15) is 14.4 Å². The van der Waals surface area contributed by atoms with Crippen LogP contribution in [0.3, 0.4) is 0 Å². The Labute approximate surface area is 206 Å². The highest BCUT2D eigenvalue weighted by atomic mass is 16.5. The van der Waals surface area contributed by atoms with Crippen LogP contribution >= 0.6 is 0 Å². The summed E-state index contributed by atoms with van der Waals surface area (Å²) >= 11 is 0. The Kier molecular flexibility index (Phi) is 10.6. The second kappa shape index (κ2) is 13.4. The second-order valence-corrected chi connectivity index (χ2v) is 8.47. The number of carbonyl (C=O) groups excluding carboxylic acids is 3. The van der Waals surface area contributed by atoms with E-state index in [1.165, 1.54) is 12.0 Å². The van der Waals surface area contributed by atoms with Gasteiger partial charge in [0.15, 0.2) is 5.82 Å². The van der Waals surface area contributed by atoms with Crippen LogP contribution in [0, 0.1) is 5.92 Å². The summed E-state index contributed by atoms with van der Waals surface area (Å²) < 4.78 is 17.6. The van der Waals surface area contributed by atoms with E-state index >= 15 is 0 Å². The maximum Gasteiger partial charge on any atom is 0.325 e. The third-order valence-corrected chi connectivity index (χ3v) is 5.47. The van der Waals surface area contributed by atoms with Crippen molar-refractivity contribution in [2.45, 2.75) is 52.6 Å². The minimum Gasteiger partial charge on any atom is -0.496 e. The van der Waals surface area contributed by atoms with E-state index in [0.29, 0.717) is 54.4 Å². The number of esters is 1. The molecule has 0 radical (unpaired) electrons. The fraction of sp³-hybridized carbons (Fsp3) is 0.520. The van der Waals surface area contributed by atoms with Crippen molar-refractivity contribution in [1.29, 1.82) is 0 Å². The SMILES string of the molecule is CCCC[C@@H](C(=O)NCC(=O)OC)N(C=O)c1cc(-c2c(OC)cccc2OC)n(CC(C)C)n1. The van der Waals surface area contributed by atoms with Gasteiger partial charge in [0.05, 0.1) is 32.6 Å². The third kappa shape index (κ3) is 6.97. The average Bonchev–Trinajstić information content (AvgIpc) is 3.25. The molecule has 0 saturated carbocycles. The monoisotopic (exact) mass is 488 g/mol. The Morgan fingerprint density at radius 1 is 1.17 bits per heavy atom.